The first-order valence-corrected chi connectivity index (χ1v) is 23.0. The first kappa shape index (κ1) is 38.0. The van der Waals surface area contributed by atoms with Crippen molar-refractivity contribution in [3.63, 3.8) is 0 Å². The predicted octanol–water partition coefficient (Wildman–Crippen LogP) is 17.0. The highest BCUT2D eigenvalue weighted by molar-refractivity contribution is 7.25. The minimum Gasteiger partial charge on any atom is -0.456 e. The Labute approximate surface area is 384 Å². The van der Waals surface area contributed by atoms with E-state index >= 15 is 0 Å². The highest BCUT2D eigenvalue weighted by Gasteiger charge is 2.18. The van der Waals surface area contributed by atoms with Gasteiger partial charge in [-0.2, -0.15) is 0 Å². The van der Waals surface area contributed by atoms with E-state index in [0.717, 1.165) is 77.2 Å². The third kappa shape index (κ3) is 6.64. The Morgan fingerprint density at radius 1 is 0.288 bits per heavy atom. The van der Waals surface area contributed by atoms with Gasteiger partial charge < -0.3 is 4.42 Å². The maximum Gasteiger partial charge on any atom is 0.164 e. The number of fused-ring (bicyclic) bond motifs is 7. The Morgan fingerprint density at radius 3 is 1.42 bits per heavy atom. The van der Waals surface area contributed by atoms with Crippen molar-refractivity contribution >= 4 is 64.2 Å². The highest BCUT2D eigenvalue weighted by Crippen LogP contribution is 2.43. The molecular weight excluding hydrogens is 823 g/mol. The van der Waals surface area contributed by atoms with Crippen LogP contribution < -0.4 is 0 Å². The fourth-order valence-corrected chi connectivity index (χ4v) is 10.6. The fourth-order valence-electron chi connectivity index (χ4n) is 9.45. The molecule has 0 bridgehead atoms. The van der Waals surface area contributed by atoms with Crippen LogP contribution in [0.5, 0.6) is 0 Å². The second kappa shape index (κ2) is 15.6. The number of benzene rings is 10. The van der Waals surface area contributed by atoms with Crippen LogP contribution in [0.15, 0.2) is 229 Å². The molecule has 0 atom stereocenters. The minimum atomic E-state index is 0.623. The van der Waals surface area contributed by atoms with E-state index in [4.69, 9.17) is 19.4 Å². The Bertz CT molecular complexity index is 3870. The minimum absolute atomic E-state index is 0.623. The zero-order valence-electron chi connectivity index (χ0n) is 35.5. The summed E-state index contributed by atoms with van der Waals surface area (Å²) in [6.45, 7) is 0. The number of nitrogens with zero attached hydrogens (tertiary/aromatic N) is 3. The second-order valence-corrected chi connectivity index (χ2v) is 17.8. The van der Waals surface area contributed by atoms with Crippen molar-refractivity contribution in [1.82, 2.24) is 15.0 Å². The molecule has 0 radical (unpaired) electrons. The summed E-state index contributed by atoms with van der Waals surface area (Å²) in [5.41, 5.74) is 13.8. The molecule has 0 spiro atoms. The van der Waals surface area contributed by atoms with Crippen molar-refractivity contribution in [1.29, 1.82) is 0 Å². The standard InChI is InChI=1S/C61H37N3OS/c1-3-11-38(12-4-1)40-21-25-42(26-22-40)59-62-60(43-27-23-41(24-28-43)39-13-5-2-6-14-39)64-61(63-59)48-32-30-44-35-46(31-29-45(44)36-48)49-16-9-18-53-57(49)51-34-33-47(37-54(51)65-53)50-17-10-20-56-58(50)52-15-7-8-19-55(52)66-56/h1-37H. The summed E-state index contributed by atoms with van der Waals surface area (Å²) in [5, 5.41) is 7.04. The van der Waals surface area contributed by atoms with Crippen LogP contribution in [-0.4, -0.2) is 15.0 Å². The van der Waals surface area contributed by atoms with Gasteiger partial charge in [-0.05, 0) is 97.7 Å². The van der Waals surface area contributed by atoms with Crippen molar-refractivity contribution in [2.75, 3.05) is 0 Å². The summed E-state index contributed by atoms with van der Waals surface area (Å²) < 4.78 is 9.23. The molecule has 3 heterocycles. The van der Waals surface area contributed by atoms with Gasteiger partial charge in [-0.1, -0.05) is 182 Å². The monoisotopic (exact) mass is 859 g/mol. The molecule has 66 heavy (non-hydrogen) atoms. The molecule has 0 amide bonds. The van der Waals surface area contributed by atoms with E-state index in [-0.39, 0.29) is 0 Å². The molecule has 13 aromatic rings. The number of aromatic nitrogens is 3. The van der Waals surface area contributed by atoms with Crippen LogP contribution in [0, 0.1) is 0 Å². The van der Waals surface area contributed by atoms with Crippen molar-refractivity contribution in [3.8, 4) is 78.7 Å². The molecule has 10 aromatic carbocycles. The van der Waals surface area contributed by atoms with Crippen molar-refractivity contribution in [2.45, 2.75) is 0 Å². The lowest BCUT2D eigenvalue weighted by Gasteiger charge is -2.11. The van der Waals surface area contributed by atoms with Crippen molar-refractivity contribution in [2.24, 2.45) is 0 Å². The number of thiophene rings is 1. The molecule has 5 heteroatoms. The van der Waals surface area contributed by atoms with Crippen molar-refractivity contribution < 1.29 is 4.42 Å². The van der Waals surface area contributed by atoms with E-state index in [1.807, 2.05) is 23.5 Å². The van der Waals surface area contributed by atoms with E-state index in [9.17, 15) is 0 Å². The molecule has 0 unspecified atom stereocenters. The SMILES string of the molecule is c1ccc(-c2ccc(-c3nc(-c4ccc(-c5ccccc5)cc4)nc(-c4ccc5cc(-c6cccc7oc8cc(-c9cccc%10sc%11ccccc%11c9%10)ccc8c67)ccc5c4)n3)cc2)cc1. The highest BCUT2D eigenvalue weighted by atomic mass is 32.1. The van der Waals surface area contributed by atoms with Crippen LogP contribution in [0.2, 0.25) is 0 Å². The Morgan fingerprint density at radius 2 is 0.758 bits per heavy atom. The molecule has 4 nitrogen and oxygen atoms in total. The molecule has 0 saturated heterocycles. The van der Waals surface area contributed by atoms with E-state index in [0.29, 0.717) is 17.5 Å². The zero-order chi connectivity index (χ0) is 43.6. The normalized spacial score (nSPS) is 11.6. The van der Waals surface area contributed by atoms with Gasteiger partial charge >= 0.3 is 0 Å². The maximum atomic E-state index is 6.63. The third-order valence-corrected chi connectivity index (χ3v) is 13.9. The van der Waals surface area contributed by atoms with E-state index in [1.165, 1.54) is 36.9 Å². The molecule has 3 aromatic heterocycles. The molecule has 0 aliphatic rings. The quantitative estimate of drug-likeness (QED) is 0.160. The molecule has 0 aliphatic heterocycles. The average Bonchev–Trinajstić information content (AvgIpc) is 3.97. The number of hydrogen-bond acceptors (Lipinski definition) is 5. The molecule has 0 N–H and O–H groups in total. The summed E-state index contributed by atoms with van der Waals surface area (Å²) in [5.74, 6) is 1.88. The molecule has 308 valence electrons. The van der Waals surface area contributed by atoms with Crippen LogP contribution >= 0.6 is 11.3 Å². The van der Waals surface area contributed by atoms with Crippen molar-refractivity contribution in [3.05, 3.63) is 224 Å². The fraction of sp³-hybridized carbons (Fsp3) is 0. The third-order valence-electron chi connectivity index (χ3n) is 12.8. The average molecular weight is 860 g/mol. The Balaban J connectivity index is 0.869. The van der Waals surface area contributed by atoms with E-state index in [1.54, 1.807) is 0 Å². The maximum absolute atomic E-state index is 6.63. The lowest BCUT2D eigenvalue weighted by atomic mass is 9.95. The van der Waals surface area contributed by atoms with E-state index in [2.05, 4.69) is 212 Å². The van der Waals surface area contributed by atoms with Gasteiger partial charge in [0, 0.05) is 47.6 Å². The lowest BCUT2D eigenvalue weighted by molar-refractivity contribution is 0.669. The molecular formula is C61H37N3OS. The van der Waals surface area contributed by atoms with E-state index < -0.39 is 0 Å². The number of rotatable bonds is 7. The van der Waals surface area contributed by atoms with Crippen LogP contribution in [-0.2, 0) is 0 Å². The summed E-state index contributed by atoms with van der Waals surface area (Å²) in [6.07, 6.45) is 0. The molecule has 0 saturated carbocycles. The summed E-state index contributed by atoms with van der Waals surface area (Å²) in [4.78, 5) is 15.3. The zero-order valence-corrected chi connectivity index (χ0v) is 36.3. The van der Waals surface area contributed by atoms with Gasteiger partial charge in [0.25, 0.3) is 0 Å². The van der Waals surface area contributed by atoms with Crippen LogP contribution in [0.1, 0.15) is 0 Å². The first-order valence-electron chi connectivity index (χ1n) is 22.2. The van der Waals surface area contributed by atoms with Gasteiger partial charge in [-0.3, -0.25) is 0 Å². The molecule has 13 rings (SSSR count). The van der Waals surface area contributed by atoms with Gasteiger partial charge in [0.1, 0.15) is 11.2 Å². The molecule has 0 fully saturated rings. The summed E-state index contributed by atoms with van der Waals surface area (Å²) in [7, 11) is 0. The first-order chi connectivity index (χ1) is 32.7. The smallest absolute Gasteiger partial charge is 0.164 e. The largest absolute Gasteiger partial charge is 0.456 e. The van der Waals surface area contributed by atoms with Gasteiger partial charge in [0.2, 0.25) is 0 Å². The van der Waals surface area contributed by atoms with Gasteiger partial charge in [0.15, 0.2) is 17.5 Å². The topological polar surface area (TPSA) is 51.8 Å². The number of furan rings is 1. The Hall–Kier alpha value is -8.51. The Kier molecular flexibility index (Phi) is 9.00. The summed E-state index contributed by atoms with van der Waals surface area (Å²) in [6, 6.07) is 79.3. The van der Waals surface area contributed by atoms with Gasteiger partial charge in [-0.25, -0.2) is 15.0 Å². The van der Waals surface area contributed by atoms with Crippen LogP contribution in [0.4, 0.5) is 0 Å². The van der Waals surface area contributed by atoms with Crippen LogP contribution in [0.3, 0.4) is 0 Å². The van der Waals surface area contributed by atoms with Crippen LogP contribution in [0.25, 0.3) is 132 Å². The summed E-state index contributed by atoms with van der Waals surface area (Å²) >= 11 is 1.84. The number of hydrogen-bond donors (Lipinski definition) is 0. The lowest BCUT2D eigenvalue weighted by Crippen LogP contribution is -2.00. The predicted molar refractivity (Wildman–Crippen MR) is 276 cm³/mol. The second-order valence-electron chi connectivity index (χ2n) is 16.7. The molecule has 0 aliphatic carbocycles. The van der Waals surface area contributed by atoms with Gasteiger partial charge in [-0.15, -0.1) is 11.3 Å². The van der Waals surface area contributed by atoms with Gasteiger partial charge in [0.05, 0.1) is 0 Å².